The van der Waals surface area contributed by atoms with Crippen molar-refractivity contribution < 1.29 is 4.74 Å². The summed E-state index contributed by atoms with van der Waals surface area (Å²) in [6.07, 6.45) is 2.66. The highest BCUT2D eigenvalue weighted by Crippen LogP contribution is 2.09. The van der Waals surface area contributed by atoms with Gasteiger partial charge < -0.3 is 15.4 Å². The maximum atomic E-state index is 5.28. The number of ether oxygens (including phenoxy) is 1. The number of rotatable bonds is 8. The average Bonchev–Trinajstić information content (AvgIpc) is 2.30. The Morgan fingerprint density at radius 1 is 1.19 bits per heavy atom. The first-order valence-corrected chi connectivity index (χ1v) is 5.76. The van der Waals surface area contributed by atoms with Gasteiger partial charge in [-0.2, -0.15) is 0 Å². The molecule has 5 nitrogen and oxygen atoms in total. The summed E-state index contributed by atoms with van der Waals surface area (Å²) in [7, 11) is 0. The van der Waals surface area contributed by atoms with Crippen molar-refractivity contribution in [1.29, 1.82) is 0 Å². The van der Waals surface area contributed by atoms with Crippen molar-refractivity contribution in [3.05, 3.63) is 12.4 Å². The number of nitrogens with zero attached hydrogens (tertiary/aromatic N) is 2. The van der Waals surface area contributed by atoms with Gasteiger partial charge in [0.15, 0.2) is 0 Å². The predicted octanol–water partition coefficient (Wildman–Crippen LogP) is 1.29. The van der Waals surface area contributed by atoms with Crippen LogP contribution in [-0.2, 0) is 0 Å². The molecule has 0 spiro atoms. The van der Waals surface area contributed by atoms with Crippen LogP contribution in [0.15, 0.2) is 12.4 Å². The molecule has 16 heavy (non-hydrogen) atoms. The lowest BCUT2D eigenvalue weighted by molar-refractivity contribution is 0.326. The highest BCUT2D eigenvalue weighted by molar-refractivity contribution is 5.36. The molecule has 0 aliphatic carbocycles. The third kappa shape index (κ3) is 4.93. The Hall–Kier alpha value is -1.36. The number of hydrogen-bond acceptors (Lipinski definition) is 5. The summed E-state index contributed by atoms with van der Waals surface area (Å²) < 4.78 is 5.28. The van der Waals surface area contributed by atoms with Crippen LogP contribution in [0.3, 0.4) is 0 Å². The highest BCUT2D eigenvalue weighted by atomic mass is 16.5. The molecule has 5 heteroatoms. The lowest BCUT2D eigenvalue weighted by Gasteiger charge is -2.07. The number of hydrogen-bond donors (Lipinski definition) is 2. The Balaban J connectivity index is 2.27. The molecule has 0 aliphatic rings. The van der Waals surface area contributed by atoms with Crippen LogP contribution in [0.2, 0.25) is 0 Å². The fourth-order valence-corrected chi connectivity index (χ4v) is 1.24. The van der Waals surface area contributed by atoms with Gasteiger partial charge in [-0.05, 0) is 19.9 Å². The topological polar surface area (TPSA) is 59.1 Å². The third-order valence-electron chi connectivity index (χ3n) is 1.97. The van der Waals surface area contributed by atoms with Gasteiger partial charge in [0.1, 0.15) is 12.1 Å². The zero-order valence-electron chi connectivity index (χ0n) is 9.99. The van der Waals surface area contributed by atoms with Gasteiger partial charge in [-0.1, -0.05) is 6.92 Å². The van der Waals surface area contributed by atoms with Crippen molar-refractivity contribution >= 4 is 5.82 Å². The van der Waals surface area contributed by atoms with Crippen LogP contribution in [-0.4, -0.2) is 36.2 Å². The van der Waals surface area contributed by atoms with Crippen LogP contribution in [0.25, 0.3) is 0 Å². The van der Waals surface area contributed by atoms with Gasteiger partial charge in [0.05, 0.1) is 6.61 Å². The van der Waals surface area contributed by atoms with Gasteiger partial charge >= 0.3 is 0 Å². The van der Waals surface area contributed by atoms with E-state index in [0.717, 1.165) is 31.9 Å². The second-order valence-electron chi connectivity index (χ2n) is 3.35. The summed E-state index contributed by atoms with van der Waals surface area (Å²) in [6, 6.07) is 1.81. The number of aromatic nitrogens is 2. The molecule has 0 amide bonds. The van der Waals surface area contributed by atoms with E-state index >= 15 is 0 Å². The van der Waals surface area contributed by atoms with Crippen molar-refractivity contribution in [2.24, 2.45) is 0 Å². The quantitative estimate of drug-likeness (QED) is 0.652. The molecule has 0 unspecified atom stereocenters. The van der Waals surface area contributed by atoms with E-state index in [2.05, 4.69) is 27.5 Å². The van der Waals surface area contributed by atoms with E-state index in [1.165, 1.54) is 6.33 Å². The molecule has 0 fully saturated rings. The van der Waals surface area contributed by atoms with E-state index in [4.69, 9.17) is 4.74 Å². The molecular weight excluding hydrogens is 204 g/mol. The van der Waals surface area contributed by atoms with Crippen LogP contribution in [0.4, 0.5) is 5.82 Å². The molecule has 1 heterocycles. The van der Waals surface area contributed by atoms with E-state index in [-0.39, 0.29) is 0 Å². The maximum Gasteiger partial charge on any atom is 0.218 e. The molecule has 1 aromatic heterocycles. The van der Waals surface area contributed by atoms with Crippen molar-refractivity contribution in [3.8, 4) is 5.88 Å². The third-order valence-corrected chi connectivity index (χ3v) is 1.97. The van der Waals surface area contributed by atoms with Crippen molar-refractivity contribution in [2.75, 3.05) is 31.6 Å². The molecule has 1 rings (SSSR count). The lowest BCUT2D eigenvalue weighted by Crippen LogP contribution is -2.23. The molecule has 0 saturated heterocycles. The van der Waals surface area contributed by atoms with E-state index in [9.17, 15) is 0 Å². The molecule has 2 N–H and O–H groups in total. The first kappa shape index (κ1) is 12.7. The van der Waals surface area contributed by atoms with Crippen LogP contribution < -0.4 is 15.4 Å². The molecule has 0 aliphatic heterocycles. The Labute approximate surface area is 96.6 Å². The van der Waals surface area contributed by atoms with Crippen molar-refractivity contribution in [3.63, 3.8) is 0 Å². The Morgan fingerprint density at radius 2 is 2.06 bits per heavy atom. The average molecular weight is 224 g/mol. The minimum atomic E-state index is 0.613. The fourth-order valence-electron chi connectivity index (χ4n) is 1.24. The second-order valence-corrected chi connectivity index (χ2v) is 3.35. The highest BCUT2D eigenvalue weighted by Gasteiger charge is 1.97. The van der Waals surface area contributed by atoms with Crippen molar-refractivity contribution in [2.45, 2.75) is 20.3 Å². The van der Waals surface area contributed by atoms with E-state index in [1.54, 1.807) is 0 Å². The number of nitrogens with one attached hydrogen (secondary N) is 2. The van der Waals surface area contributed by atoms with Gasteiger partial charge in [0, 0.05) is 19.2 Å². The summed E-state index contributed by atoms with van der Waals surface area (Å²) in [6.45, 7) is 7.54. The molecule has 0 bridgehead atoms. The normalized spacial score (nSPS) is 10.1. The smallest absolute Gasteiger partial charge is 0.218 e. The number of anilines is 1. The zero-order chi connectivity index (χ0) is 11.6. The Bertz CT molecular complexity index is 293. The van der Waals surface area contributed by atoms with E-state index in [0.29, 0.717) is 12.5 Å². The summed E-state index contributed by atoms with van der Waals surface area (Å²) in [5, 5.41) is 6.52. The Morgan fingerprint density at radius 3 is 2.81 bits per heavy atom. The summed E-state index contributed by atoms with van der Waals surface area (Å²) in [5.41, 5.74) is 0. The monoisotopic (exact) mass is 224 g/mol. The van der Waals surface area contributed by atoms with Gasteiger partial charge in [0.2, 0.25) is 5.88 Å². The molecule has 90 valence electrons. The summed E-state index contributed by atoms with van der Waals surface area (Å²) >= 11 is 0. The lowest BCUT2D eigenvalue weighted by atomic mass is 10.4. The van der Waals surface area contributed by atoms with Gasteiger partial charge in [0.25, 0.3) is 0 Å². The standard InChI is InChI=1S/C11H20N4O/c1-3-5-12-6-7-13-10-8-11(16-4-2)15-9-14-10/h8-9,12H,3-7H2,1-2H3,(H,13,14,15). The summed E-state index contributed by atoms with van der Waals surface area (Å²) in [4.78, 5) is 8.11. The summed E-state index contributed by atoms with van der Waals surface area (Å²) in [5.74, 6) is 1.42. The molecule has 0 radical (unpaired) electrons. The van der Waals surface area contributed by atoms with Crippen LogP contribution in [0.1, 0.15) is 20.3 Å². The molecule has 0 aromatic carbocycles. The molecule has 1 aromatic rings. The largest absolute Gasteiger partial charge is 0.478 e. The van der Waals surface area contributed by atoms with Gasteiger partial charge in [-0.15, -0.1) is 0 Å². The molecular formula is C11H20N4O. The first-order chi connectivity index (χ1) is 7.86. The first-order valence-electron chi connectivity index (χ1n) is 5.76. The maximum absolute atomic E-state index is 5.28. The van der Waals surface area contributed by atoms with E-state index < -0.39 is 0 Å². The second kappa shape index (κ2) is 7.87. The van der Waals surface area contributed by atoms with Crippen molar-refractivity contribution in [1.82, 2.24) is 15.3 Å². The SMILES string of the molecule is CCCNCCNc1cc(OCC)ncn1. The fraction of sp³-hybridized carbons (Fsp3) is 0.636. The zero-order valence-corrected chi connectivity index (χ0v) is 9.99. The Kier molecular flexibility index (Phi) is 6.25. The van der Waals surface area contributed by atoms with E-state index in [1.807, 2.05) is 13.0 Å². The minimum Gasteiger partial charge on any atom is -0.478 e. The van der Waals surface area contributed by atoms with Crippen LogP contribution >= 0.6 is 0 Å². The van der Waals surface area contributed by atoms with Crippen LogP contribution in [0.5, 0.6) is 5.88 Å². The molecule has 0 atom stereocenters. The van der Waals surface area contributed by atoms with Gasteiger partial charge in [-0.3, -0.25) is 0 Å². The van der Waals surface area contributed by atoms with Crippen LogP contribution in [0, 0.1) is 0 Å². The predicted molar refractivity (Wildman–Crippen MR) is 64.9 cm³/mol. The van der Waals surface area contributed by atoms with Gasteiger partial charge in [-0.25, -0.2) is 9.97 Å². The molecule has 0 saturated carbocycles. The minimum absolute atomic E-state index is 0.613.